The summed E-state index contributed by atoms with van der Waals surface area (Å²) in [6, 6.07) is 7.56. The summed E-state index contributed by atoms with van der Waals surface area (Å²) < 4.78 is 44.6. The van der Waals surface area contributed by atoms with Crippen LogP contribution in [0, 0.1) is 0 Å². The van der Waals surface area contributed by atoms with Gasteiger partial charge in [0.05, 0.1) is 53.3 Å². The number of methoxy groups -OCH3 is 2. The second kappa shape index (κ2) is 16.4. The number of rotatable bonds is 18. The van der Waals surface area contributed by atoms with Crippen LogP contribution in [0.25, 0.3) is 0 Å². The first kappa shape index (κ1) is 33.3. The summed E-state index contributed by atoms with van der Waals surface area (Å²) in [6.07, 6.45) is -1.22. The van der Waals surface area contributed by atoms with Crippen LogP contribution in [0.3, 0.4) is 0 Å². The van der Waals surface area contributed by atoms with Gasteiger partial charge >= 0.3 is 0 Å². The summed E-state index contributed by atoms with van der Waals surface area (Å²) in [5.41, 5.74) is -0.695. The van der Waals surface area contributed by atoms with Gasteiger partial charge in [-0.3, -0.25) is 19.0 Å². The quantitative estimate of drug-likeness (QED) is 0.107. The molecule has 41 heavy (non-hydrogen) atoms. The monoisotopic (exact) mass is 635 g/mol. The van der Waals surface area contributed by atoms with E-state index in [-0.39, 0.29) is 71.5 Å². The Morgan fingerprint density at radius 3 is 1.93 bits per heavy atom. The highest BCUT2D eigenvalue weighted by Gasteiger charge is 2.42. The summed E-state index contributed by atoms with van der Waals surface area (Å²) in [5, 5.41) is 0.463. The highest BCUT2D eigenvalue weighted by molar-refractivity contribution is 7.39. The van der Waals surface area contributed by atoms with Crippen LogP contribution in [0.15, 0.2) is 30.3 Å². The number of imide groups is 1. The number of hydroxylamine groups is 2. The lowest BCUT2D eigenvalue weighted by Crippen LogP contribution is -2.35. The number of carbonyl (C=O) groups excluding carboxylic acids is 2. The fourth-order valence-corrected chi connectivity index (χ4v) is 5.33. The Balaban J connectivity index is 2.01. The molecule has 0 aliphatic carbocycles. The average molecular weight is 636 g/mol. The predicted molar refractivity (Wildman–Crippen MR) is 149 cm³/mol. The number of halogens is 2. The minimum Gasteiger partial charge on any atom is -0.462 e. The molecule has 0 aromatic heterocycles. The number of ether oxygens (including phenoxy) is 6. The van der Waals surface area contributed by atoms with Crippen molar-refractivity contribution in [2.24, 2.45) is 0 Å². The number of fused-ring (bicyclic) bond motifs is 1. The minimum absolute atomic E-state index is 0.00458. The van der Waals surface area contributed by atoms with Crippen molar-refractivity contribution in [3.8, 4) is 11.5 Å². The Bertz CT molecular complexity index is 1200. The van der Waals surface area contributed by atoms with Crippen LogP contribution in [0.2, 0.25) is 10.0 Å². The van der Waals surface area contributed by atoms with Gasteiger partial charge in [-0.25, -0.2) is 0 Å². The van der Waals surface area contributed by atoms with Crippen molar-refractivity contribution in [1.82, 2.24) is 5.06 Å². The molecule has 226 valence electrons. The Kier molecular flexibility index (Phi) is 13.3. The van der Waals surface area contributed by atoms with Crippen molar-refractivity contribution in [3.05, 3.63) is 57.1 Å². The lowest BCUT2D eigenvalue weighted by molar-refractivity contribution is -0.135. The van der Waals surface area contributed by atoms with Gasteiger partial charge in [0, 0.05) is 19.8 Å². The molecule has 0 saturated heterocycles. The SMILES string of the molecule is CCC(C(ON1C(=O)c2ccccc2C1=O)c1cc(Cl)c(OCOCCOC)c(OCOCCOC)c1Cl)[PH](=O)O. The summed E-state index contributed by atoms with van der Waals surface area (Å²) in [6.45, 7) is 2.27. The maximum atomic E-state index is 13.0. The smallest absolute Gasteiger partial charge is 0.285 e. The van der Waals surface area contributed by atoms with Gasteiger partial charge in [-0.15, -0.1) is 5.06 Å². The molecule has 2 aromatic rings. The zero-order valence-corrected chi connectivity index (χ0v) is 25.2. The van der Waals surface area contributed by atoms with E-state index in [1.807, 2.05) is 0 Å². The van der Waals surface area contributed by atoms with E-state index < -0.39 is 31.6 Å². The Morgan fingerprint density at radius 2 is 1.44 bits per heavy atom. The van der Waals surface area contributed by atoms with E-state index in [1.165, 1.54) is 32.4 Å². The molecule has 0 fully saturated rings. The first-order chi connectivity index (χ1) is 19.8. The highest BCUT2D eigenvalue weighted by Crippen LogP contribution is 2.49. The topological polar surface area (TPSA) is 139 Å². The first-order valence-electron chi connectivity index (χ1n) is 12.5. The molecule has 1 aliphatic heterocycles. The maximum Gasteiger partial charge on any atom is 0.285 e. The van der Waals surface area contributed by atoms with Crippen molar-refractivity contribution in [2.45, 2.75) is 25.1 Å². The fraction of sp³-hybridized carbons (Fsp3) is 0.462. The number of benzene rings is 2. The second-order valence-corrected chi connectivity index (χ2v) is 10.8. The van der Waals surface area contributed by atoms with Gasteiger partial charge in [-0.1, -0.05) is 42.3 Å². The maximum absolute atomic E-state index is 13.0. The molecule has 3 atom stereocenters. The van der Waals surface area contributed by atoms with E-state index in [9.17, 15) is 19.0 Å². The third kappa shape index (κ3) is 8.19. The zero-order valence-electron chi connectivity index (χ0n) is 22.7. The van der Waals surface area contributed by atoms with Crippen LogP contribution in [-0.2, 0) is 28.4 Å². The third-order valence-electron chi connectivity index (χ3n) is 6.00. The molecule has 1 N–H and O–H groups in total. The van der Waals surface area contributed by atoms with E-state index in [1.54, 1.807) is 19.1 Å². The van der Waals surface area contributed by atoms with Crippen LogP contribution in [0.5, 0.6) is 11.5 Å². The van der Waals surface area contributed by atoms with Crippen molar-refractivity contribution in [1.29, 1.82) is 0 Å². The van der Waals surface area contributed by atoms with Crippen molar-refractivity contribution in [2.75, 3.05) is 54.2 Å². The Labute approximate surface area is 248 Å². The van der Waals surface area contributed by atoms with Crippen LogP contribution in [0.1, 0.15) is 45.7 Å². The van der Waals surface area contributed by atoms with E-state index >= 15 is 0 Å². The van der Waals surface area contributed by atoms with Crippen LogP contribution < -0.4 is 9.47 Å². The molecule has 15 heteroatoms. The average Bonchev–Trinajstić information content (AvgIpc) is 3.19. The summed E-state index contributed by atoms with van der Waals surface area (Å²) >= 11 is 13.4. The molecule has 0 radical (unpaired) electrons. The second-order valence-electron chi connectivity index (χ2n) is 8.58. The Hall–Kier alpha value is -2.25. The van der Waals surface area contributed by atoms with Gasteiger partial charge in [-0.2, -0.15) is 0 Å². The van der Waals surface area contributed by atoms with E-state index in [0.717, 1.165) is 0 Å². The standard InChI is InChI=1S/C26H32Cl2NO11P/c1-4-20(41(32)33)22(40-29-25(30)16-7-5-6-8-17(16)26(29)31)18-13-19(27)23(38-14-36-11-9-34-2)24(21(18)28)39-15-37-12-10-35-3/h5-8,13,20,22,41H,4,9-12,14-15H2,1-3H3,(H,32,33). The third-order valence-corrected chi connectivity index (χ3v) is 8.02. The number of nitrogens with zero attached hydrogens (tertiary/aromatic N) is 1. The molecule has 3 rings (SSSR count). The molecule has 0 spiro atoms. The molecule has 0 bridgehead atoms. The normalized spacial score (nSPS) is 15.1. The number of hydrogen-bond donors (Lipinski definition) is 1. The van der Waals surface area contributed by atoms with Crippen molar-refractivity contribution < 1.29 is 52.3 Å². The minimum atomic E-state index is -3.28. The predicted octanol–water partition coefficient (Wildman–Crippen LogP) is 4.51. The molecule has 2 aromatic carbocycles. The van der Waals surface area contributed by atoms with Gasteiger partial charge in [0.15, 0.2) is 33.1 Å². The van der Waals surface area contributed by atoms with E-state index in [2.05, 4.69) is 0 Å². The van der Waals surface area contributed by atoms with Crippen molar-refractivity contribution in [3.63, 3.8) is 0 Å². The lowest BCUT2D eigenvalue weighted by atomic mass is 10.0. The first-order valence-corrected chi connectivity index (χ1v) is 14.7. The summed E-state index contributed by atoms with van der Waals surface area (Å²) in [4.78, 5) is 42.2. The molecule has 0 saturated carbocycles. The van der Waals surface area contributed by atoms with Gasteiger partial charge in [0.25, 0.3) is 11.8 Å². The lowest BCUT2D eigenvalue weighted by Gasteiger charge is -2.29. The summed E-state index contributed by atoms with van der Waals surface area (Å²) in [5.74, 6) is -1.49. The molecular weight excluding hydrogens is 604 g/mol. The number of hydrogen-bond acceptors (Lipinski definition) is 10. The van der Waals surface area contributed by atoms with Gasteiger partial charge < -0.3 is 33.3 Å². The number of amides is 2. The van der Waals surface area contributed by atoms with Gasteiger partial charge in [-0.05, 0) is 24.6 Å². The zero-order chi connectivity index (χ0) is 29.9. The molecule has 3 unspecified atom stereocenters. The molecule has 1 aliphatic rings. The van der Waals surface area contributed by atoms with Gasteiger partial charge in [0.2, 0.25) is 0 Å². The largest absolute Gasteiger partial charge is 0.462 e. The fourth-order valence-electron chi connectivity index (χ4n) is 3.92. The number of carbonyl (C=O) groups is 2. The van der Waals surface area contributed by atoms with Crippen LogP contribution in [0.4, 0.5) is 0 Å². The molecule has 12 nitrogen and oxygen atoms in total. The summed E-state index contributed by atoms with van der Waals surface area (Å²) in [7, 11) is -0.234. The Morgan fingerprint density at radius 1 is 0.902 bits per heavy atom. The molecular formula is C26H32Cl2NO11P. The van der Waals surface area contributed by atoms with Gasteiger partial charge in [0.1, 0.15) is 6.10 Å². The van der Waals surface area contributed by atoms with Crippen molar-refractivity contribution >= 4 is 43.0 Å². The molecule has 1 heterocycles. The van der Waals surface area contributed by atoms with E-state index in [0.29, 0.717) is 18.3 Å². The molecule has 2 amide bonds. The highest BCUT2D eigenvalue weighted by atomic mass is 35.5. The van der Waals surface area contributed by atoms with E-state index in [4.69, 9.17) is 56.5 Å². The van der Waals surface area contributed by atoms with Crippen LogP contribution >= 0.6 is 31.2 Å². The van der Waals surface area contributed by atoms with Crippen LogP contribution in [-0.4, -0.2) is 81.7 Å².